The van der Waals surface area contributed by atoms with Crippen LogP contribution in [0.3, 0.4) is 0 Å². The zero-order valence-electron chi connectivity index (χ0n) is 17.5. The van der Waals surface area contributed by atoms with Gasteiger partial charge in [0.2, 0.25) is 5.82 Å². The first-order chi connectivity index (χ1) is 15.2. The molecule has 1 aromatic heterocycles. The van der Waals surface area contributed by atoms with Gasteiger partial charge in [0.25, 0.3) is 5.91 Å². The van der Waals surface area contributed by atoms with Crippen molar-refractivity contribution >= 4 is 11.7 Å². The monoisotopic (exact) mass is 412 g/mol. The molecule has 3 aromatic rings. The van der Waals surface area contributed by atoms with Crippen molar-refractivity contribution < 1.29 is 4.79 Å². The van der Waals surface area contributed by atoms with E-state index in [1.165, 1.54) is 0 Å². The van der Waals surface area contributed by atoms with Gasteiger partial charge in [-0.2, -0.15) is 5.21 Å². The molecule has 0 atom stereocenters. The van der Waals surface area contributed by atoms with Crippen molar-refractivity contribution in [3.63, 3.8) is 0 Å². The van der Waals surface area contributed by atoms with E-state index in [1.807, 2.05) is 48.2 Å². The maximum Gasteiger partial charge on any atom is 0.256 e. The maximum atomic E-state index is 13.2. The van der Waals surface area contributed by atoms with Crippen molar-refractivity contribution in [2.45, 2.75) is 44.7 Å². The van der Waals surface area contributed by atoms with Gasteiger partial charge in [-0.05, 0) is 47.7 Å². The number of amides is 1. The van der Waals surface area contributed by atoms with Crippen LogP contribution in [-0.4, -0.2) is 42.8 Å². The first-order valence-corrected chi connectivity index (χ1v) is 10.7. The molecule has 1 amide bonds. The molecule has 0 saturated heterocycles. The molecule has 31 heavy (non-hydrogen) atoms. The van der Waals surface area contributed by atoms with Gasteiger partial charge in [0.15, 0.2) is 0 Å². The van der Waals surface area contributed by atoms with Crippen LogP contribution < -0.4 is 0 Å². The largest absolute Gasteiger partial charge is 0.290 e. The highest BCUT2D eigenvalue weighted by Crippen LogP contribution is 2.39. The van der Waals surface area contributed by atoms with E-state index in [0.717, 1.165) is 53.8 Å². The average Bonchev–Trinajstić information content (AvgIpc) is 3.54. The summed E-state index contributed by atoms with van der Waals surface area (Å²) in [5.74, 6) is 1.49. The Morgan fingerprint density at radius 2 is 1.81 bits per heavy atom. The molecule has 5 rings (SSSR count). The Morgan fingerprint density at radius 3 is 2.48 bits per heavy atom. The highest BCUT2D eigenvalue weighted by Gasteiger charge is 2.48. The predicted molar refractivity (Wildman–Crippen MR) is 119 cm³/mol. The van der Waals surface area contributed by atoms with Crippen LogP contribution in [0.1, 0.15) is 38.2 Å². The summed E-state index contributed by atoms with van der Waals surface area (Å²) in [6, 6.07) is 16.3. The van der Waals surface area contributed by atoms with E-state index >= 15 is 0 Å². The Morgan fingerprint density at radius 1 is 1.06 bits per heavy atom. The van der Waals surface area contributed by atoms with Crippen LogP contribution in [0, 0.1) is 0 Å². The molecule has 0 radical (unpaired) electrons. The number of benzene rings is 2. The van der Waals surface area contributed by atoms with E-state index in [1.54, 1.807) is 0 Å². The van der Waals surface area contributed by atoms with E-state index in [2.05, 4.69) is 44.9 Å². The smallest absolute Gasteiger partial charge is 0.256 e. The minimum Gasteiger partial charge on any atom is -0.290 e. The van der Waals surface area contributed by atoms with Crippen molar-refractivity contribution in [3.05, 3.63) is 66.2 Å². The minimum atomic E-state index is -0.529. The number of amidine groups is 1. The van der Waals surface area contributed by atoms with Crippen molar-refractivity contribution in [3.8, 4) is 22.5 Å². The lowest BCUT2D eigenvalue weighted by atomic mass is 9.97. The maximum absolute atomic E-state index is 13.2. The molecule has 1 aliphatic heterocycles. The highest BCUT2D eigenvalue weighted by atomic mass is 16.2. The van der Waals surface area contributed by atoms with Gasteiger partial charge in [-0.15, -0.1) is 10.2 Å². The average molecular weight is 412 g/mol. The fourth-order valence-corrected chi connectivity index (χ4v) is 4.58. The SMILES string of the molecule is CC=CC1=NC2(CCCC2)C(=O)N1Cc1ccc(-c2ccccc2-c2nn[nH]n2)cc1. The minimum absolute atomic E-state index is 0.143. The fraction of sp³-hybridized carbons (Fsp3) is 0.292. The molecular formula is C24H24N6O. The number of aromatic amines is 1. The normalized spacial score (nSPS) is 17.8. The molecule has 1 fully saturated rings. The number of allylic oxidation sites excluding steroid dienone is 1. The third-order valence-corrected chi connectivity index (χ3v) is 6.11. The van der Waals surface area contributed by atoms with Gasteiger partial charge in [-0.1, -0.05) is 67.4 Å². The van der Waals surface area contributed by atoms with E-state index in [-0.39, 0.29) is 5.91 Å². The van der Waals surface area contributed by atoms with E-state index in [4.69, 9.17) is 4.99 Å². The Balaban J connectivity index is 1.41. The molecule has 1 aliphatic carbocycles. The lowest BCUT2D eigenvalue weighted by molar-refractivity contribution is -0.131. The third-order valence-electron chi connectivity index (χ3n) is 6.11. The first-order valence-electron chi connectivity index (χ1n) is 10.7. The number of nitrogens with one attached hydrogen (secondary N) is 1. The lowest BCUT2D eigenvalue weighted by Gasteiger charge is -2.22. The first kappa shape index (κ1) is 19.4. The van der Waals surface area contributed by atoms with Gasteiger partial charge in [-0.25, -0.2) is 0 Å². The predicted octanol–water partition coefficient (Wildman–Crippen LogP) is 4.16. The molecule has 1 saturated carbocycles. The number of carbonyl (C=O) groups is 1. The third kappa shape index (κ3) is 3.46. The molecular weight excluding hydrogens is 388 g/mol. The van der Waals surface area contributed by atoms with Crippen molar-refractivity contribution in [1.82, 2.24) is 25.5 Å². The van der Waals surface area contributed by atoms with Crippen molar-refractivity contribution in [2.24, 2.45) is 4.99 Å². The molecule has 7 nitrogen and oxygen atoms in total. The lowest BCUT2D eigenvalue weighted by Crippen LogP contribution is -2.40. The summed E-state index contributed by atoms with van der Waals surface area (Å²) >= 11 is 0. The highest BCUT2D eigenvalue weighted by molar-refractivity contribution is 6.12. The number of rotatable bonds is 5. The summed E-state index contributed by atoms with van der Waals surface area (Å²) in [5, 5.41) is 14.4. The van der Waals surface area contributed by atoms with Crippen LogP contribution in [-0.2, 0) is 11.3 Å². The molecule has 1 spiro atoms. The summed E-state index contributed by atoms with van der Waals surface area (Å²) in [5.41, 5.74) is 3.56. The quantitative estimate of drug-likeness (QED) is 0.682. The number of tetrazole rings is 1. The standard InChI is InChI=1S/C24H24N6O/c1-2-7-21-25-24(14-5-6-15-24)23(31)30(21)16-17-10-12-18(13-11-17)19-8-3-4-9-20(19)22-26-28-29-27-22/h2-4,7-13H,5-6,14-16H2,1H3,(H,26,27,28,29). The van der Waals surface area contributed by atoms with E-state index in [9.17, 15) is 4.79 Å². The molecule has 1 N–H and O–H groups in total. The number of hydrogen-bond acceptors (Lipinski definition) is 5. The van der Waals surface area contributed by atoms with Gasteiger partial charge < -0.3 is 0 Å². The number of hydrogen-bond donors (Lipinski definition) is 1. The second-order valence-electron chi connectivity index (χ2n) is 8.08. The van der Waals surface area contributed by atoms with Gasteiger partial charge in [0.05, 0.1) is 6.54 Å². The van der Waals surface area contributed by atoms with E-state index < -0.39 is 5.54 Å². The topological polar surface area (TPSA) is 87.1 Å². The number of nitrogens with zero attached hydrogens (tertiary/aromatic N) is 5. The Bertz CT molecular complexity index is 1140. The van der Waals surface area contributed by atoms with E-state index in [0.29, 0.717) is 12.4 Å². The fourth-order valence-electron chi connectivity index (χ4n) is 4.58. The Kier molecular flexibility index (Phi) is 4.94. The van der Waals surface area contributed by atoms with Gasteiger partial charge in [0, 0.05) is 5.56 Å². The summed E-state index contributed by atoms with van der Waals surface area (Å²) in [6.07, 6.45) is 7.75. The van der Waals surface area contributed by atoms with Gasteiger partial charge in [0.1, 0.15) is 11.4 Å². The number of carbonyl (C=O) groups excluding carboxylic acids is 1. The summed E-state index contributed by atoms with van der Waals surface area (Å²) < 4.78 is 0. The van der Waals surface area contributed by atoms with Crippen LogP contribution in [0.25, 0.3) is 22.5 Å². The molecule has 156 valence electrons. The summed E-state index contributed by atoms with van der Waals surface area (Å²) in [4.78, 5) is 19.9. The van der Waals surface area contributed by atoms with Gasteiger partial charge >= 0.3 is 0 Å². The number of aliphatic imine (C=N–C) groups is 1. The zero-order valence-corrected chi connectivity index (χ0v) is 17.5. The number of aromatic nitrogens is 4. The molecule has 0 bridgehead atoms. The van der Waals surface area contributed by atoms with Crippen LogP contribution in [0.4, 0.5) is 0 Å². The van der Waals surface area contributed by atoms with Crippen molar-refractivity contribution in [1.29, 1.82) is 0 Å². The summed E-state index contributed by atoms with van der Waals surface area (Å²) in [7, 11) is 0. The van der Waals surface area contributed by atoms with Crippen molar-refractivity contribution in [2.75, 3.05) is 0 Å². The molecule has 7 heteroatoms. The molecule has 2 aliphatic rings. The van der Waals surface area contributed by atoms with Gasteiger partial charge in [-0.3, -0.25) is 14.7 Å². The van der Waals surface area contributed by atoms with Crippen LogP contribution in [0.15, 0.2) is 65.7 Å². The Labute approximate surface area is 180 Å². The second kappa shape index (κ2) is 7.91. The Hall–Kier alpha value is -3.61. The zero-order chi connectivity index (χ0) is 21.3. The number of H-pyrrole nitrogens is 1. The molecule has 2 aromatic carbocycles. The summed E-state index contributed by atoms with van der Waals surface area (Å²) in [6.45, 7) is 2.48. The van der Waals surface area contributed by atoms with Crippen LogP contribution in [0.2, 0.25) is 0 Å². The molecule has 2 heterocycles. The van der Waals surface area contributed by atoms with Crippen LogP contribution >= 0.6 is 0 Å². The molecule has 0 unspecified atom stereocenters. The van der Waals surface area contributed by atoms with Crippen LogP contribution in [0.5, 0.6) is 0 Å². The second-order valence-corrected chi connectivity index (χ2v) is 8.08.